The van der Waals surface area contributed by atoms with Gasteiger partial charge < -0.3 is 10.5 Å². The fraction of sp³-hybridized carbons (Fsp3) is 0.500. The van der Waals surface area contributed by atoms with Crippen molar-refractivity contribution in [3.05, 3.63) is 24.3 Å². The number of rotatable bonds is 5. The molecular formula is C12H19NO3S. The van der Waals surface area contributed by atoms with Crippen LogP contribution in [0.1, 0.15) is 20.8 Å². The highest BCUT2D eigenvalue weighted by atomic mass is 32.2. The maximum absolute atomic E-state index is 12.0. The largest absolute Gasteiger partial charge is 0.491 e. The highest BCUT2D eigenvalue weighted by Gasteiger charge is 2.21. The van der Waals surface area contributed by atoms with Crippen LogP contribution in [0.5, 0.6) is 5.75 Å². The molecule has 1 aromatic carbocycles. The molecule has 5 heteroatoms. The van der Waals surface area contributed by atoms with Gasteiger partial charge in [0.2, 0.25) is 0 Å². The van der Waals surface area contributed by atoms with Gasteiger partial charge in [-0.15, -0.1) is 0 Å². The van der Waals surface area contributed by atoms with E-state index in [4.69, 9.17) is 10.5 Å². The van der Waals surface area contributed by atoms with Crippen molar-refractivity contribution in [2.75, 3.05) is 6.54 Å². The summed E-state index contributed by atoms with van der Waals surface area (Å²) in [7, 11) is -3.31. The fourth-order valence-electron chi connectivity index (χ4n) is 1.34. The van der Waals surface area contributed by atoms with Gasteiger partial charge in [0.25, 0.3) is 0 Å². The predicted octanol–water partition coefficient (Wildman–Crippen LogP) is 1.59. The second-order valence-corrected chi connectivity index (χ2v) is 6.60. The summed E-state index contributed by atoms with van der Waals surface area (Å²) >= 11 is 0. The van der Waals surface area contributed by atoms with Gasteiger partial charge in [0, 0.05) is 6.54 Å². The first-order chi connectivity index (χ1) is 7.87. The summed E-state index contributed by atoms with van der Waals surface area (Å²) in [6.07, 6.45) is 0.0698. The first-order valence-corrected chi connectivity index (χ1v) is 7.13. The first kappa shape index (κ1) is 14.0. The third-order valence-electron chi connectivity index (χ3n) is 2.39. The average molecular weight is 257 g/mol. The molecule has 0 radical (unpaired) electrons. The van der Waals surface area contributed by atoms with E-state index in [1.807, 2.05) is 13.8 Å². The molecule has 2 N–H and O–H groups in total. The van der Waals surface area contributed by atoms with Crippen LogP contribution in [0.2, 0.25) is 0 Å². The maximum Gasteiger partial charge on any atom is 0.182 e. The van der Waals surface area contributed by atoms with Crippen LogP contribution in [0.25, 0.3) is 0 Å². The molecule has 0 fully saturated rings. The van der Waals surface area contributed by atoms with Crippen molar-refractivity contribution in [2.45, 2.75) is 37.0 Å². The molecule has 0 bridgehead atoms. The zero-order valence-corrected chi connectivity index (χ0v) is 11.2. The molecule has 17 heavy (non-hydrogen) atoms. The Labute approximate surface area is 103 Å². The summed E-state index contributed by atoms with van der Waals surface area (Å²) in [5, 5.41) is -0.570. The Hall–Kier alpha value is -1.07. The van der Waals surface area contributed by atoms with Gasteiger partial charge in [-0.05, 0) is 45.0 Å². The van der Waals surface area contributed by atoms with Gasteiger partial charge in [0.1, 0.15) is 5.75 Å². The summed E-state index contributed by atoms with van der Waals surface area (Å²) in [5.74, 6) is 0.666. The lowest BCUT2D eigenvalue weighted by molar-refractivity contribution is 0.242. The van der Waals surface area contributed by atoms with Crippen molar-refractivity contribution >= 4 is 9.84 Å². The predicted molar refractivity (Wildman–Crippen MR) is 67.9 cm³/mol. The van der Waals surface area contributed by atoms with Crippen LogP contribution in [-0.4, -0.2) is 26.3 Å². The summed E-state index contributed by atoms with van der Waals surface area (Å²) in [6, 6.07) is 6.44. The standard InChI is InChI=1S/C12H19NO3S/c1-9(2)16-11-4-6-12(7-5-11)17(14,15)10(3)8-13/h4-7,9-10H,8,13H2,1-3H3. The molecule has 1 unspecified atom stereocenters. The lowest BCUT2D eigenvalue weighted by Gasteiger charge is -2.12. The van der Waals surface area contributed by atoms with Crippen LogP contribution >= 0.6 is 0 Å². The molecular weight excluding hydrogens is 238 g/mol. The van der Waals surface area contributed by atoms with Gasteiger partial charge in [-0.25, -0.2) is 8.42 Å². The van der Waals surface area contributed by atoms with Crippen LogP contribution in [0.4, 0.5) is 0 Å². The molecule has 0 heterocycles. The Kier molecular flexibility index (Phi) is 4.54. The molecule has 0 saturated heterocycles. The molecule has 0 aromatic heterocycles. The summed E-state index contributed by atoms with van der Waals surface area (Å²) < 4.78 is 29.4. The first-order valence-electron chi connectivity index (χ1n) is 5.58. The molecule has 0 aliphatic carbocycles. The van der Waals surface area contributed by atoms with Crippen molar-refractivity contribution in [3.8, 4) is 5.75 Å². The molecule has 1 aromatic rings. The molecule has 0 aliphatic heterocycles. The number of hydrogen-bond acceptors (Lipinski definition) is 4. The Morgan fingerprint density at radius 1 is 1.18 bits per heavy atom. The summed E-state index contributed by atoms with van der Waals surface area (Å²) in [4.78, 5) is 0.284. The van der Waals surface area contributed by atoms with E-state index in [1.54, 1.807) is 31.2 Å². The summed E-state index contributed by atoms with van der Waals surface area (Å²) in [5.41, 5.74) is 5.39. The second-order valence-electron chi connectivity index (χ2n) is 4.23. The number of hydrogen-bond donors (Lipinski definition) is 1. The minimum Gasteiger partial charge on any atom is -0.491 e. The number of ether oxygens (including phenoxy) is 1. The van der Waals surface area contributed by atoms with Crippen molar-refractivity contribution < 1.29 is 13.2 Å². The van der Waals surface area contributed by atoms with Crippen molar-refractivity contribution in [1.82, 2.24) is 0 Å². The Morgan fingerprint density at radius 3 is 2.12 bits per heavy atom. The zero-order chi connectivity index (χ0) is 13.1. The molecule has 0 spiro atoms. The van der Waals surface area contributed by atoms with E-state index < -0.39 is 15.1 Å². The molecule has 1 rings (SSSR count). The van der Waals surface area contributed by atoms with Gasteiger partial charge in [-0.2, -0.15) is 0 Å². The molecule has 4 nitrogen and oxygen atoms in total. The van der Waals surface area contributed by atoms with Gasteiger partial charge >= 0.3 is 0 Å². The van der Waals surface area contributed by atoms with E-state index in [-0.39, 0.29) is 17.5 Å². The maximum atomic E-state index is 12.0. The fourth-order valence-corrected chi connectivity index (χ4v) is 2.57. The van der Waals surface area contributed by atoms with E-state index in [2.05, 4.69) is 0 Å². The molecule has 1 atom stereocenters. The van der Waals surface area contributed by atoms with Crippen LogP contribution in [0.3, 0.4) is 0 Å². The van der Waals surface area contributed by atoms with E-state index in [9.17, 15) is 8.42 Å². The lowest BCUT2D eigenvalue weighted by atomic mass is 10.3. The topological polar surface area (TPSA) is 69.4 Å². The third kappa shape index (κ3) is 3.44. The molecule has 0 aliphatic rings. The van der Waals surface area contributed by atoms with Crippen LogP contribution in [0, 0.1) is 0 Å². The Bertz CT molecular complexity index is 451. The van der Waals surface area contributed by atoms with Crippen molar-refractivity contribution in [3.63, 3.8) is 0 Å². The van der Waals surface area contributed by atoms with E-state index in [0.717, 1.165) is 0 Å². The van der Waals surface area contributed by atoms with Gasteiger partial charge in [-0.1, -0.05) is 0 Å². The van der Waals surface area contributed by atoms with Crippen LogP contribution in [-0.2, 0) is 9.84 Å². The van der Waals surface area contributed by atoms with E-state index in [1.165, 1.54) is 0 Å². The second kappa shape index (κ2) is 5.51. The molecule has 0 saturated carbocycles. The molecule has 0 amide bonds. The van der Waals surface area contributed by atoms with E-state index in [0.29, 0.717) is 5.75 Å². The number of nitrogens with two attached hydrogens (primary N) is 1. The smallest absolute Gasteiger partial charge is 0.182 e. The average Bonchev–Trinajstić information content (AvgIpc) is 2.27. The minimum atomic E-state index is -3.31. The Balaban J connectivity index is 2.95. The monoisotopic (exact) mass is 257 g/mol. The lowest BCUT2D eigenvalue weighted by Crippen LogP contribution is -2.26. The third-order valence-corrected chi connectivity index (χ3v) is 4.57. The van der Waals surface area contributed by atoms with Crippen LogP contribution < -0.4 is 10.5 Å². The van der Waals surface area contributed by atoms with Gasteiger partial charge in [0.05, 0.1) is 16.2 Å². The minimum absolute atomic E-state index is 0.0698. The van der Waals surface area contributed by atoms with Gasteiger partial charge in [0.15, 0.2) is 9.84 Å². The van der Waals surface area contributed by atoms with E-state index >= 15 is 0 Å². The van der Waals surface area contributed by atoms with Crippen molar-refractivity contribution in [1.29, 1.82) is 0 Å². The highest BCUT2D eigenvalue weighted by Crippen LogP contribution is 2.20. The normalized spacial score (nSPS) is 13.7. The number of sulfone groups is 1. The van der Waals surface area contributed by atoms with Gasteiger partial charge in [-0.3, -0.25) is 0 Å². The summed E-state index contributed by atoms with van der Waals surface area (Å²) in [6.45, 7) is 5.56. The number of benzene rings is 1. The SMILES string of the molecule is CC(C)Oc1ccc(S(=O)(=O)C(C)CN)cc1. The zero-order valence-electron chi connectivity index (χ0n) is 10.4. The van der Waals surface area contributed by atoms with Crippen molar-refractivity contribution in [2.24, 2.45) is 5.73 Å². The van der Waals surface area contributed by atoms with Crippen LogP contribution in [0.15, 0.2) is 29.2 Å². The Morgan fingerprint density at radius 2 is 1.71 bits per heavy atom. The molecule has 96 valence electrons. The highest BCUT2D eigenvalue weighted by molar-refractivity contribution is 7.92. The quantitative estimate of drug-likeness (QED) is 0.869.